The fourth-order valence-corrected chi connectivity index (χ4v) is 3.94. The summed E-state index contributed by atoms with van der Waals surface area (Å²) >= 11 is 0. The summed E-state index contributed by atoms with van der Waals surface area (Å²) in [6, 6.07) is 13.7. The summed E-state index contributed by atoms with van der Waals surface area (Å²) in [7, 11) is -0.405. The Bertz CT molecular complexity index is 909. The van der Waals surface area contributed by atoms with E-state index < -0.39 is 16.1 Å². The Hall–Kier alpha value is -2.58. The van der Waals surface area contributed by atoms with Crippen LogP contribution < -0.4 is 9.47 Å². The number of sulfonamides is 1. The normalized spacial score (nSPS) is 15.7. The number of benzene rings is 2. The van der Waals surface area contributed by atoms with Gasteiger partial charge in [0.05, 0.1) is 7.11 Å². The number of hydrogen-bond acceptors (Lipinski definition) is 6. The average Bonchev–Trinajstić information content (AvgIpc) is 2.92. The molecule has 1 N–H and O–H groups in total. The van der Waals surface area contributed by atoms with Gasteiger partial charge in [0.15, 0.2) is 5.84 Å². The van der Waals surface area contributed by atoms with Crippen LogP contribution in [0, 0.1) is 0 Å². The number of aliphatic hydroxyl groups is 1. The molecule has 2 aromatic rings. The van der Waals surface area contributed by atoms with Crippen LogP contribution in [0.15, 0.2) is 57.8 Å². The van der Waals surface area contributed by atoms with Gasteiger partial charge in [-0.25, -0.2) is 0 Å². The first-order valence-electron chi connectivity index (χ1n) is 8.01. The van der Waals surface area contributed by atoms with Crippen molar-refractivity contribution in [1.82, 2.24) is 4.90 Å². The van der Waals surface area contributed by atoms with E-state index in [2.05, 4.69) is 4.40 Å². The highest BCUT2D eigenvalue weighted by molar-refractivity contribution is 7.90. The molecule has 0 unspecified atom stereocenters. The molecular formula is C18H20N2O5S. The number of aliphatic hydroxyl groups excluding tert-OH is 1. The van der Waals surface area contributed by atoms with Crippen LogP contribution in [0.5, 0.6) is 11.5 Å². The fraction of sp³-hybridized carbons (Fsp3) is 0.278. The van der Waals surface area contributed by atoms with Gasteiger partial charge in [0.25, 0.3) is 10.0 Å². The molecule has 1 heterocycles. The van der Waals surface area contributed by atoms with E-state index in [1.807, 2.05) is 0 Å². The van der Waals surface area contributed by atoms with Crippen LogP contribution in [0.2, 0.25) is 0 Å². The Morgan fingerprint density at radius 2 is 1.77 bits per heavy atom. The summed E-state index contributed by atoms with van der Waals surface area (Å²) in [5, 5.41) is 10.2. The highest BCUT2D eigenvalue weighted by atomic mass is 32.2. The first-order valence-corrected chi connectivity index (χ1v) is 9.45. The molecule has 0 amide bonds. The number of rotatable bonds is 6. The van der Waals surface area contributed by atoms with Crippen LogP contribution in [0.4, 0.5) is 0 Å². The minimum absolute atomic E-state index is 0.0678. The Balaban J connectivity index is 1.62. The lowest BCUT2D eigenvalue weighted by atomic mass is 10.2. The molecule has 0 fully saturated rings. The third kappa shape index (κ3) is 3.81. The van der Waals surface area contributed by atoms with Crippen molar-refractivity contribution in [3.8, 4) is 11.5 Å². The van der Waals surface area contributed by atoms with Gasteiger partial charge in [-0.3, -0.25) is 0 Å². The highest BCUT2D eigenvalue weighted by Gasteiger charge is 2.30. The van der Waals surface area contributed by atoms with Crippen molar-refractivity contribution in [1.29, 1.82) is 0 Å². The number of hydrogen-bond donors (Lipinski definition) is 1. The molecule has 138 valence electrons. The summed E-state index contributed by atoms with van der Waals surface area (Å²) in [5.74, 6) is 1.65. The van der Waals surface area contributed by atoms with Crippen LogP contribution in [0.3, 0.4) is 0 Å². The first kappa shape index (κ1) is 18.2. The SMILES string of the molecule is COc1ccc(OC[C@@H](O)CN(C)C2=NS(=O)(=O)c3ccccc32)cc1. The lowest BCUT2D eigenvalue weighted by molar-refractivity contribution is 0.0916. The lowest BCUT2D eigenvalue weighted by Crippen LogP contribution is -2.37. The van der Waals surface area contributed by atoms with Gasteiger partial charge in [0.1, 0.15) is 29.1 Å². The van der Waals surface area contributed by atoms with E-state index in [0.29, 0.717) is 17.1 Å². The molecule has 0 aromatic heterocycles. The number of methoxy groups -OCH3 is 1. The van der Waals surface area contributed by atoms with E-state index >= 15 is 0 Å². The van der Waals surface area contributed by atoms with Crippen molar-refractivity contribution in [2.45, 2.75) is 11.0 Å². The topological polar surface area (TPSA) is 88.4 Å². The van der Waals surface area contributed by atoms with Gasteiger partial charge >= 0.3 is 0 Å². The standard InChI is InChI=1S/C18H20N2O5S/c1-20(18-16-5-3-4-6-17(16)26(22,23)19-18)11-13(21)12-25-15-9-7-14(24-2)8-10-15/h3-10,13,21H,11-12H2,1-2H3/t13-/m0/s1. The Morgan fingerprint density at radius 1 is 1.12 bits per heavy atom. The zero-order valence-corrected chi connectivity index (χ0v) is 15.3. The maximum Gasteiger partial charge on any atom is 0.285 e. The molecule has 26 heavy (non-hydrogen) atoms. The predicted octanol–water partition coefficient (Wildman–Crippen LogP) is 1.52. The van der Waals surface area contributed by atoms with Crippen LogP contribution >= 0.6 is 0 Å². The largest absolute Gasteiger partial charge is 0.497 e. The van der Waals surface area contributed by atoms with E-state index in [9.17, 15) is 13.5 Å². The molecule has 0 saturated carbocycles. The third-order valence-electron chi connectivity index (χ3n) is 3.96. The number of likely N-dealkylation sites (N-methyl/N-ethyl adjacent to an activating group) is 1. The van der Waals surface area contributed by atoms with Crippen LogP contribution in [-0.2, 0) is 10.0 Å². The molecule has 2 aromatic carbocycles. The quantitative estimate of drug-likeness (QED) is 0.822. The maximum atomic E-state index is 12.1. The minimum atomic E-state index is -3.68. The van der Waals surface area contributed by atoms with Crippen LogP contribution in [0.1, 0.15) is 5.56 Å². The summed E-state index contributed by atoms with van der Waals surface area (Å²) in [5.41, 5.74) is 0.540. The third-order valence-corrected chi connectivity index (χ3v) is 5.29. The van der Waals surface area contributed by atoms with Gasteiger partial charge in [-0.15, -0.1) is 4.40 Å². The van der Waals surface area contributed by atoms with Gasteiger partial charge in [-0.1, -0.05) is 12.1 Å². The van der Waals surface area contributed by atoms with Crippen molar-refractivity contribution in [3.05, 3.63) is 54.1 Å². The average molecular weight is 376 g/mol. The van der Waals surface area contributed by atoms with E-state index in [1.165, 1.54) is 6.07 Å². The molecule has 7 nitrogen and oxygen atoms in total. The summed E-state index contributed by atoms with van der Waals surface area (Å²) in [6.45, 7) is 0.247. The summed E-state index contributed by atoms with van der Waals surface area (Å²) < 4.78 is 38.7. The monoisotopic (exact) mass is 376 g/mol. The smallest absolute Gasteiger partial charge is 0.285 e. The fourth-order valence-electron chi connectivity index (χ4n) is 2.68. The second kappa shape index (κ2) is 7.35. The minimum Gasteiger partial charge on any atom is -0.497 e. The van der Waals surface area contributed by atoms with Gasteiger partial charge in [-0.05, 0) is 36.4 Å². The zero-order chi connectivity index (χ0) is 18.7. The van der Waals surface area contributed by atoms with Crippen molar-refractivity contribution in [2.24, 2.45) is 4.40 Å². The Morgan fingerprint density at radius 3 is 2.46 bits per heavy atom. The molecular weight excluding hydrogens is 356 g/mol. The van der Waals surface area contributed by atoms with Crippen LogP contribution in [0.25, 0.3) is 0 Å². The molecule has 0 radical (unpaired) electrons. The Labute approximate surface area is 152 Å². The van der Waals surface area contributed by atoms with Crippen LogP contribution in [-0.4, -0.2) is 57.7 Å². The van der Waals surface area contributed by atoms with E-state index in [1.54, 1.807) is 61.5 Å². The van der Waals surface area contributed by atoms with E-state index in [0.717, 1.165) is 5.75 Å². The molecule has 0 aliphatic carbocycles. The van der Waals surface area contributed by atoms with Crippen molar-refractivity contribution >= 4 is 15.9 Å². The van der Waals surface area contributed by atoms with E-state index in [-0.39, 0.29) is 18.0 Å². The molecule has 1 aliphatic rings. The molecule has 8 heteroatoms. The second-order valence-corrected chi connectivity index (χ2v) is 7.48. The van der Waals surface area contributed by atoms with Gasteiger partial charge < -0.3 is 19.5 Å². The van der Waals surface area contributed by atoms with Gasteiger partial charge in [0.2, 0.25) is 0 Å². The maximum absolute atomic E-state index is 12.1. The molecule has 1 atom stereocenters. The second-order valence-electron chi connectivity index (χ2n) is 5.91. The lowest BCUT2D eigenvalue weighted by Gasteiger charge is -2.22. The summed E-state index contributed by atoms with van der Waals surface area (Å²) in [4.78, 5) is 1.80. The molecule has 3 rings (SSSR count). The Kier molecular flexibility index (Phi) is 5.15. The van der Waals surface area contributed by atoms with Gasteiger partial charge in [-0.2, -0.15) is 8.42 Å². The number of fused-ring (bicyclic) bond motifs is 1. The van der Waals surface area contributed by atoms with Crippen molar-refractivity contribution in [3.63, 3.8) is 0 Å². The first-order chi connectivity index (χ1) is 12.4. The van der Waals surface area contributed by atoms with Crippen molar-refractivity contribution in [2.75, 3.05) is 27.3 Å². The summed E-state index contributed by atoms with van der Waals surface area (Å²) in [6.07, 6.45) is -0.819. The zero-order valence-electron chi connectivity index (χ0n) is 14.5. The number of nitrogens with zero attached hydrogens (tertiary/aromatic N) is 2. The molecule has 0 saturated heterocycles. The van der Waals surface area contributed by atoms with E-state index in [4.69, 9.17) is 9.47 Å². The highest BCUT2D eigenvalue weighted by Crippen LogP contribution is 2.27. The predicted molar refractivity (Wildman–Crippen MR) is 97.3 cm³/mol. The molecule has 1 aliphatic heterocycles. The van der Waals surface area contributed by atoms with Gasteiger partial charge in [0, 0.05) is 19.2 Å². The molecule has 0 spiro atoms. The molecule has 0 bridgehead atoms. The number of amidine groups is 1. The van der Waals surface area contributed by atoms with Crippen molar-refractivity contribution < 1.29 is 23.0 Å². The number of ether oxygens (including phenoxy) is 2.